The molecule has 0 bridgehead atoms. The van der Waals surface area contributed by atoms with Crippen LogP contribution in [0.4, 0.5) is 0 Å². The molecular formula is C61H116O6. The van der Waals surface area contributed by atoms with Gasteiger partial charge < -0.3 is 14.2 Å². The van der Waals surface area contributed by atoms with E-state index in [2.05, 4.69) is 32.9 Å². The van der Waals surface area contributed by atoms with Crippen LogP contribution in [0.3, 0.4) is 0 Å². The number of carbonyl (C=O) groups excluding carboxylic acids is 3. The summed E-state index contributed by atoms with van der Waals surface area (Å²) in [4.78, 5) is 38.1. The van der Waals surface area contributed by atoms with Crippen molar-refractivity contribution in [1.29, 1.82) is 0 Å². The first-order chi connectivity index (χ1) is 33.0. The van der Waals surface area contributed by atoms with Gasteiger partial charge in [0.15, 0.2) is 6.10 Å². The van der Waals surface area contributed by atoms with Gasteiger partial charge in [-0.2, -0.15) is 0 Å². The van der Waals surface area contributed by atoms with Gasteiger partial charge in [0.05, 0.1) is 0 Å². The second kappa shape index (κ2) is 56.7. The molecule has 0 fully saturated rings. The van der Waals surface area contributed by atoms with E-state index in [1.54, 1.807) is 0 Å². The Hall–Kier alpha value is -1.85. The number of rotatable bonds is 56. The summed E-state index contributed by atoms with van der Waals surface area (Å²) in [6.45, 7) is 6.69. The van der Waals surface area contributed by atoms with Crippen molar-refractivity contribution in [1.82, 2.24) is 0 Å². The van der Waals surface area contributed by atoms with Gasteiger partial charge in [-0.15, -0.1) is 0 Å². The minimum absolute atomic E-state index is 0.0645. The zero-order valence-corrected chi connectivity index (χ0v) is 45.5. The number of hydrogen-bond donors (Lipinski definition) is 0. The minimum Gasteiger partial charge on any atom is -0.462 e. The fourth-order valence-electron chi connectivity index (χ4n) is 9.21. The lowest BCUT2D eigenvalue weighted by Crippen LogP contribution is -2.30. The van der Waals surface area contributed by atoms with Crippen molar-refractivity contribution in [2.24, 2.45) is 0 Å². The van der Waals surface area contributed by atoms with Gasteiger partial charge in [-0.05, 0) is 44.9 Å². The summed E-state index contributed by atoms with van der Waals surface area (Å²) in [5, 5.41) is 0. The van der Waals surface area contributed by atoms with E-state index in [4.69, 9.17) is 14.2 Å². The van der Waals surface area contributed by atoms with Crippen LogP contribution in [-0.2, 0) is 28.6 Å². The molecule has 6 heteroatoms. The molecule has 0 rings (SSSR count). The third-order valence-electron chi connectivity index (χ3n) is 13.8. The summed E-state index contributed by atoms with van der Waals surface area (Å²) in [5.41, 5.74) is 0. The first-order valence-electron chi connectivity index (χ1n) is 30.2. The van der Waals surface area contributed by atoms with Crippen molar-refractivity contribution in [2.75, 3.05) is 13.2 Å². The van der Waals surface area contributed by atoms with Gasteiger partial charge in [0.25, 0.3) is 0 Å². The molecule has 0 N–H and O–H groups in total. The molecule has 0 radical (unpaired) electrons. The average molecular weight is 946 g/mol. The van der Waals surface area contributed by atoms with Crippen LogP contribution in [0.5, 0.6) is 0 Å². The Morgan fingerprint density at radius 2 is 0.493 bits per heavy atom. The van der Waals surface area contributed by atoms with Crippen LogP contribution in [-0.4, -0.2) is 37.2 Å². The molecule has 0 heterocycles. The number of esters is 3. The van der Waals surface area contributed by atoms with Gasteiger partial charge in [0.2, 0.25) is 0 Å². The van der Waals surface area contributed by atoms with E-state index >= 15 is 0 Å². The van der Waals surface area contributed by atoms with E-state index in [0.717, 1.165) is 57.8 Å². The SMILES string of the molecule is CCCCCCCC/C=C\CCCCCCCCCCCC(=O)OCC(COC(=O)CCCCCCCCCCCCC)OC(=O)CCCCCCCCCCCCCCCCCCCCC. The maximum Gasteiger partial charge on any atom is 0.306 e. The fraction of sp³-hybridized carbons (Fsp3) is 0.918. The number of ether oxygens (including phenoxy) is 3. The Bertz CT molecular complexity index is 1040. The van der Waals surface area contributed by atoms with Crippen LogP contribution < -0.4 is 0 Å². The highest BCUT2D eigenvalue weighted by Gasteiger charge is 2.19. The first kappa shape index (κ1) is 65.1. The highest BCUT2D eigenvalue weighted by molar-refractivity contribution is 5.71. The lowest BCUT2D eigenvalue weighted by molar-refractivity contribution is -0.167. The van der Waals surface area contributed by atoms with E-state index in [-0.39, 0.29) is 31.1 Å². The Balaban J connectivity index is 4.25. The number of carbonyl (C=O) groups is 3. The smallest absolute Gasteiger partial charge is 0.306 e. The summed E-state index contributed by atoms with van der Waals surface area (Å²) in [7, 11) is 0. The molecule has 0 spiro atoms. The minimum atomic E-state index is -0.765. The Kier molecular flexibility index (Phi) is 55.2. The highest BCUT2D eigenvalue weighted by Crippen LogP contribution is 2.17. The van der Waals surface area contributed by atoms with Crippen LogP contribution in [0.1, 0.15) is 342 Å². The summed E-state index contributed by atoms with van der Waals surface area (Å²) < 4.78 is 16.9. The van der Waals surface area contributed by atoms with E-state index in [1.165, 1.54) is 244 Å². The number of allylic oxidation sites excluding steroid dienone is 2. The van der Waals surface area contributed by atoms with Crippen LogP contribution in [0.15, 0.2) is 12.2 Å². The lowest BCUT2D eigenvalue weighted by atomic mass is 10.0. The highest BCUT2D eigenvalue weighted by atomic mass is 16.6. The van der Waals surface area contributed by atoms with Crippen molar-refractivity contribution in [3.05, 3.63) is 12.2 Å². The molecule has 0 aromatic carbocycles. The molecule has 67 heavy (non-hydrogen) atoms. The first-order valence-corrected chi connectivity index (χ1v) is 30.2. The standard InChI is InChI=1S/C61H116O6/c1-4-7-10-13-16-19-22-24-26-28-30-32-34-36-39-42-45-48-51-54-60(63)66-57-58(56-65-59(62)53-50-47-44-41-38-21-18-15-12-9-6-3)67-61(64)55-52-49-46-43-40-37-35-33-31-29-27-25-23-20-17-14-11-8-5-2/h24,26,58H,4-23,25,27-57H2,1-3H3/b26-24-. The predicted molar refractivity (Wildman–Crippen MR) is 289 cm³/mol. The molecule has 0 aliphatic rings. The van der Waals surface area contributed by atoms with Gasteiger partial charge in [0.1, 0.15) is 13.2 Å². The van der Waals surface area contributed by atoms with Crippen molar-refractivity contribution >= 4 is 17.9 Å². The molecule has 6 nitrogen and oxygen atoms in total. The predicted octanol–water partition coefficient (Wildman–Crippen LogP) is 20.1. The van der Waals surface area contributed by atoms with Gasteiger partial charge >= 0.3 is 17.9 Å². The lowest BCUT2D eigenvalue weighted by Gasteiger charge is -2.18. The summed E-state index contributed by atoms with van der Waals surface area (Å²) >= 11 is 0. The second-order valence-corrected chi connectivity index (χ2v) is 20.6. The van der Waals surface area contributed by atoms with Gasteiger partial charge in [-0.1, -0.05) is 290 Å². The molecule has 1 unspecified atom stereocenters. The Labute approximate surface area is 418 Å². The average Bonchev–Trinajstić information content (AvgIpc) is 3.33. The van der Waals surface area contributed by atoms with E-state index < -0.39 is 6.10 Å². The topological polar surface area (TPSA) is 78.9 Å². The molecule has 396 valence electrons. The molecule has 0 aromatic heterocycles. The van der Waals surface area contributed by atoms with Gasteiger partial charge in [-0.25, -0.2) is 0 Å². The Morgan fingerprint density at radius 3 is 0.746 bits per heavy atom. The molecule has 0 aliphatic heterocycles. The fourth-order valence-corrected chi connectivity index (χ4v) is 9.21. The van der Waals surface area contributed by atoms with E-state index in [9.17, 15) is 14.4 Å². The van der Waals surface area contributed by atoms with Gasteiger partial charge in [-0.3, -0.25) is 14.4 Å². The third-order valence-corrected chi connectivity index (χ3v) is 13.8. The molecule has 0 amide bonds. The van der Waals surface area contributed by atoms with Crippen LogP contribution in [0.2, 0.25) is 0 Å². The van der Waals surface area contributed by atoms with Gasteiger partial charge in [0, 0.05) is 19.3 Å². The van der Waals surface area contributed by atoms with Crippen molar-refractivity contribution < 1.29 is 28.6 Å². The van der Waals surface area contributed by atoms with Crippen LogP contribution >= 0.6 is 0 Å². The monoisotopic (exact) mass is 945 g/mol. The second-order valence-electron chi connectivity index (χ2n) is 20.6. The maximum atomic E-state index is 12.9. The Morgan fingerprint density at radius 1 is 0.284 bits per heavy atom. The molecule has 0 saturated carbocycles. The maximum absolute atomic E-state index is 12.9. The summed E-state index contributed by atoms with van der Waals surface area (Å²) in [6, 6.07) is 0. The molecule has 0 aliphatic carbocycles. The van der Waals surface area contributed by atoms with Crippen LogP contribution in [0.25, 0.3) is 0 Å². The zero-order chi connectivity index (χ0) is 48.6. The largest absolute Gasteiger partial charge is 0.462 e. The molecule has 0 saturated heterocycles. The summed E-state index contributed by atoms with van der Waals surface area (Å²) in [6.07, 6.45) is 64.9. The van der Waals surface area contributed by atoms with Crippen molar-refractivity contribution in [3.8, 4) is 0 Å². The van der Waals surface area contributed by atoms with Crippen molar-refractivity contribution in [3.63, 3.8) is 0 Å². The van der Waals surface area contributed by atoms with E-state index in [1.807, 2.05) is 0 Å². The van der Waals surface area contributed by atoms with Crippen molar-refractivity contribution in [2.45, 2.75) is 348 Å². The summed E-state index contributed by atoms with van der Waals surface area (Å²) in [5.74, 6) is -0.841. The number of hydrogen-bond acceptors (Lipinski definition) is 6. The number of unbranched alkanes of at least 4 members (excludes halogenated alkanes) is 43. The van der Waals surface area contributed by atoms with E-state index in [0.29, 0.717) is 19.3 Å². The normalized spacial score (nSPS) is 12.0. The van der Waals surface area contributed by atoms with Crippen LogP contribution in [0, 0.1) is 0 Å². The quantitative estimate of drug-likeness (QED) is 0.0262. The molecular weight excluding hydrogens is 829 g/mol. The zero-order valence-electron chi connectivity index (χ0n) is 45.5. The molecule has 1 atom stereocenters. The third kappa shape index (κ3) is 55.0. The molecule has 0 aromatic rings.